The lowest BCUT2D eigenvalue weighted by Crippen LogP contribution is -2.25. The number of carbonyl (C=O) groups is 1. The van der Waals surface area contributed by atoms with Crippen molar-refractivity contribution in [2.24, 2.45) is 0 Å². The average Bonchev–Trinajstić information content (AvgIpc) is 2.36. The lowest BCUT2D eigenvalue weighted by atomic mass is 10.3. The molecule has 1 aromatic rings. The molecular weight excluding hydrogens is 252 g/mol. The highest BCUT2D eigenvalue weighted by Crippen LogP contribution is 2.13. The molecule has 0 aliphatic rings. The summed E-state index contributed by atoms with van der Waals surface area (Å²) in [5.74, 6) is 1.05. The highest BCUT2D eigenvalue weighted by molar-refractivity contribution is 7.85. The van der Waals surface area contributed by atoms with E-state index in [1.54, 1.807) is 24.3 Å². The first-order chi connectivity index (χ1) is 8.61. The zero-order valence-electron chi connectivity index (χ0n) is 10.3. The van der Waals surface area contributed by atoms with E-state index in [2.05, 4.69) is 5.32 Å². The van der Waals surface area contributed by atoms with Crippen LogP contribution in [0.15, 0.2) is 24.3 Å². The van der Waals surface area contributed by atoms with Crippen LogP contribution in [0.1, 0.15) is 6.42 Å². The number of hydrogen-bond donors (Lipinski definition) is 2. The molecule has 6 heteroatoms. The van der Waals surface area contributed by atoms with E-state index in [9.17, 15) is 9.00 Å². The Hall–Kier alpha value is -1.56. The highest BCUT2D eigenvalue weighted by Gasteiger charge is 2.05. The molecule has 0 saturated carbocycles. The number of nitrogen functional groups attached to an aromatic ring is 1. The number of nitrogens with two attached hydrogens (primary N) is 1. The van der Waals surface area contributed by atoms with Crippen molar-refractivity contribution in [3.05, 3.63) is 24.3 Å². The number of nitrogens with one attached hydrogen (secondary N) is 1. The van der Waals surface area contributed by atoms with Crippen LogP contribution >= 0.6 is 0 Å². The normalized spacial score (nSPS) is 11.8. The number of amides is 1. The molecule has 1 unspecified atom stereocenters. The monoisotopic (exact) mass is 270 g/mol. The molecule has 0 heterocycles. The van der Waals surface area contributed by atoms with Gasteiger partial charge in [0.15, 0.2) is 0 Å². The van der Waals surface area contributed by atoms with Gasteiger partial charge in [0, 0.05) is 29.3 Å². The Morgan fingerprint density at radius 2 is 2.06 bits per heavy atom. The van der Waals surface area contributed by atoms with Crippen molar-refractivity contribution in [2.75, 3.05) is 30.9 Å². The van der Waals surface area contributed by atoms with Crippen LogP contribution in [0, 0.1) is 0 Å². The van der Waals surface area contributed by atoms with Crippen molar-refractivity contribution in [1.29, 1.82) is 0 Å². The van der Waals surface area contributed by atoms with E-state index >= 15 is 0 Å². The maximum absolute atomic E-state index is 11.4. The van der Waals surface area contributed by atoms with Gasteiger partial charge in [0.05, 0.1) is 6.61 Å². The standard InChI is InChI=1S/C12H18N2O3S/c1-14-12(15)9-18(16)8-2-7-17-11-5-3-10(13)4-6-11/h3-6H,2,7-9,13H2,1H3,(H,14,15). The van der Waals surface area contributed by atoms with Crippen LogP contribution in [0.2, 0.25) is 0 Å². The first-order valence-corrected chi connectivity index (χ1v) is 7.14. The Balaban J connectivity index is 2.17. The van der Waals surface area contributed by atoms with Crippen LogP contribution in [0.4, 0.5) is 5.69 Å². The van der Waals surface area contributed by atoms with Crippen LogP contribution in [0.5, 0.6) is 5.75 Å². The fourth-order valence-corrected chi connectivity index (χ4v) is 2.29. The van der Waals surface area contributed by atoms with Crippen molar-refractivity contribution in [3.63, 3.8) is 0 Å². The summed E-state index contributed by atoms with van der Waals surface area (Å²) < 4.78 is 16.9. The van der Waals surface area contributed by atoms with Crippen LogP contribution in [-0.2, 0) is 15.6 Å². The molecule has 1 rings (SSSR count). The minimum atomic E-state index is -1.12. The fourth-order valence-electron chi connectivity index (χ4n) is 1.26. The van der Waals surface area contributed by atoms with E-state index in [0.29, 0.717) is 24.5 Å². The number of carbonyl (C=O) groups excluding carboxylic acids is 1. The third-order valence-corrected chi connectivity index (χ3v) is 3.56. The van der Waals surface area contributed by atoms with Gasteiger partial charge in [-0.15, -0.1) is 0 Å². The number of hydrogen-bond acceptors (Lipinski definition) is 4. The largest absolute Gasteiger partial charge is 0.494 e. The number of benzene rings is 1. The molecule has 1 atom stereocenters. The summed E-state index contributed by atoms with van der Waals surface area (Å²) in [5.41, 5.74) is 6.24. The molecule has 18 heavy (non-hydrogen) atoms. The van der Waals surface area contributed by atoms with Gasteiger partial charge >= 0.3 is 0 Å². The second kappa shape index (κ2) is 7.71. The van der Waals surface area contributed by atoms with Gasteiger partial charge in [-0.2, -0.15) is 0 Å². The van der Waals surface area contributed by atoms with Crippen LogP contribution in [0.25, 0.3) is 0 Å². The predicted octanol–water partition coefficient (Wildman–Crippen LogP) is 0.532. The van der Waals surface area contributed by atoms with Crippen molar-refractivity contribution < 1.29 is 13.7 Å². The summed E-state index contributed by atoms with van der Waals surface area (Å²) in [7, 11) is 0.408. The van der Waals surface area contributed by atoms with Gasteiger partial charge in [-0.05, 0) is 30.7 Å². The first-order valence-electron chi connectivity index (χ1n) is 5.65. The topological polar surface area (TPSA) is 81.4 Å². The molecule has 1 amide bonds. The number of rotatable bonds is 7. The fraction of sp³-hybridized carbons (Fsp3) is 0.417. The second-order valence-corrected chi connectivity index (χ2v) is 5.31. The Bertz CT molecular complexity index is 406. The highest BCUT2D eigenvalue weighted by atomic mass is 32.2. The van der Waals surface area contributed by atoms with Crippen molar-refractivity contribution in [3.8, 4) is 5.75 Å². The summed E-state index contributed by atoms with van der Waals surface area (Å²) in [6.45, 7) is 0.476. The Labute approximate surface area is 109 Å². The average molecular weight is 270 g/mol. The van der Waals surface area contributed by atoms with Gasteiger partial charge in [0.1, 0.15) is 11.5 Å². The quantitative estimate of drug-likeness (QED) is 0.559. The first kappa shape index (κ1) is 14.5. The molecule has 0 radical (unpaired) electrons. The van der Waals surface area contributed by atoms with Gasteiger partial charge in [-0.1, -0.05) is 0 Å². The van der Waals surface area contributed by atoms with Crippen LogP contribution in [-0.4, -0.2) is 35.3 Å². The van der Waals surface area contributed by atoms with E-state index in [4.69, 9.17) is 10.5 Å². The third-order valence-electron chi connectivity index (χ3n) is 2.24. The van der Waals surface area contributed by atoms with E-state index in [-0.39, 0.29) is 11.7 Å². The Morgan fingerprint density at radius 3 is 2.67 bits per heavy atom. The van der Waals surface area contributed by atoms with Crippen LogP contribution in [0.3, 0.4) is 0 Å². The van der Waals surface area contributed by atoms with Gasteiger partial charge in [0.2, 0.25) is 5.91 Å². The molecule has 0 aromatic heterocycles. The summed E-state index contributed by atoms with van der Waals surface area (Å²) in [6, 6.07) is 7.10. The van der Waals surface area contributed by atoms with Crippen molar-refractivity contribution in [1.82, 2.24) is 5.32 Å². The third kappa shape index (κ3) is 5.67. The molecular formula is C12H18N2O3S. The van der Waals surface area contributed by atoms with Gasteiger partial charge in [-0.25, -0.2) is 0 Å². The minimum absolute atomic E-state index is 0.0539. The van der Waals surface area contributed by atoms with E-state index < -0.39 is 10.8 Å². The zero-order chi connectivity index (χ0) is 13.4. The van der Waals surface area contributed by atoms with E-state index in [1.807, 2.05) is 0 Å². The summed E-state index contributed by atoms with van der Waals surface area (Å²) in [4.78, 5) is 11.0. The summed E-state index contributed by atoms with van der Waals surface area (Å²) in [6.07, 6.45) is 0.647. The van der Waals surface area contributed by atoms with Gasteiger partial charge in [0.25, 0.3) is 0 Å². The smallest absolute Gasteiger partial charge is 0.232 e. The predicted molar refractivity (Wildman–Crippen MR) is 72.9 cm³/mol. The van der Waals surface area contributed by atoms with Crippen LogP contribution < -0.4 is 15.8 Å². The van der Waals surface area contributed by atoms with Crippen molar-refractivity contribution >= 4 is 22.4 Å². The molecule has 0 spiro atoms. The number of ether oxygens (including phenoxy) is 1. The Morgan fingerprint density at radius 1 is 1.39 bits per heavy atom. The molecule has 0 aliphatic heterocycles. The molecule has 1 aromatic carbocycles. The summed E-state index contributed by atoms with van der Waals surface area (Å²) in [5, 5.41) is 2.44. The molecule has 3 N–H and O–H groups in total. The lowest BCUT2D eigenvalue weighted by Gasteiger charge is -2.06. The maximum Gasteiger partial charge on any atom is 0.232 e. The molecule has 0 fully saturated rings. The Kier molecular flexibility index (Phi) is 6.21. The lowest BCUT2D eigenvalue weighted by molar-refractivity contribution is -0.118. The minimum Gasteiger partial charge on any atom is -0.494 e. The zero-order valence-corrected chi connectivity index (χ0v) is 11.2. The molecule has 100 valence electrons. The molecule has 0 aliphatic carbocycles. The molecule has 5 nitrogen and oxygen atoms in total. The maximum atomic E-state index is 11.4. The van der Waals surface area contributed by atoms with Crippen molar-refractivity contribution in [2.45, 2.75) is 6.42 Å². The van der Waals surface area contributed by atoms with Gasteiger partial charge in [-0.3, -0.25) is 9.00 Å². The second-order valence-electron chi connectivity index (χ2n) is 3.73. The molecule has 0 bridgehead atoms. The summed E-state index contributed by atoms with van der Waals surface area (Å²) >= 11 is 0. The SMILES string of the molecule is CNC(=O)CS(=O)CCCOc1ccc(N)cc1. The van der Waals surface area contributed by atoms with E-state index in [1.165, 1.54) is 7.05 Å². The van der Waals surface area contributed by atoms with Gasteiger partial charge < -0.3 is 15.8 Å². The molecule has 0 saturated heterocycles. The van der Waals surface area contributed by atoms with E-state index in [0.717, 1.165) is 5.75 Å². The number of anilines is 1.